The standard InChI is InChI=1S/C13H12F12O7S/c1-2-8(10(14,15)16,11(17,18)19)31-6(26)3-4-7(27)32-9(12(20,21)22,13(23,24)25)5-33(28,29)30/h2-5H2,1H3,(H,28,29,30). The van der Waals surface area contributed by atoms with Crippen molar-refractivity contribution in [2.24, 2.45) is 0 Å². The maximum atomic E-state index is 13.0. The van der Waals surface area contributed by atoms with Crippen LogP contribution in [0.5, 0.6) is 0 Å². The SMILES string of the molecule is CCC(OC(=O)CCC(=O)OC(CS(=O)(=O)O)(C(F)(F)F)C(F)(F)F)(C(F)(F)F)C(F)(F)F. The number of carbonyl (C=O) groups is 2. The van der Waals surface area contributed by atoms with Crippen LogP contribution >= 0.6 is 0 Å². The Morgan fingerprint density at radius 2 is 0.939 bits per heavy atom. The minimum Gasteiger partial charge on any atom is -0.439 e. The third-order valence-corrected chi connectivity index (χ3v) is 4.60. The minimum absolute atomic E-state index is 0.291. The topological polar surface area (TPSA) is 107 Å². The lowest BCUT2D eigenvalue weighted by Gasteiger charge is -2.36. The Kier molecular flexibility index (Phi) is 8.77. The highest BCUT2D eigenvalue weighted by atomic mass is 32.2. The van der Waals surface area contributed by atoms with Gasteiger partial charge in [-0.1, -0.05) is 6.92 Å². The number of esters is 2. The van der Waals surface area contributed by atoms with Gasteiger partial charge >= 0.3 is 47.8 Å². The van der Waals surface area contributed by atoms with Crippen molar-refractivity contribution in [2.75, 3.05) is 5.75 Å². The molecule has 7 nitrogen and oxygen atoms in total. The Hall–Kier alpha value is -1.99. The molecule has 0 radical (unpaired) electrons. The summed E-state index contributed by atoms with van der Waals surface area (Å²) in [7, 11) is -6.14. The van der Waals surface area contributed by atoms with Crippen LogP contribution in [0.15, 0.2) is 0 Å². The van der Waals surface area contributed by atoms with Gasteiger partial charge in [0.1, 0.15) is 5.75 Å². The van der Waals surface area contributed by atoms with Crippen LogP contribution in [0.3, 0.4) is 0 Å². The van der Waals surface area contributed by atoms with Crippen LogP contribution in [0.1, 0.15) is 26.2 Å². The molecule has 0 saturated carbocycles. The molecule has 0 spiro atoms. The van der Waals surface area contributed by atoms with E-state index in [1.807, 2.05) is 0 Å². The maximum absolute atomic E-state index is 13.0. The van der Waals surface area contributed by atoms with Gasteiger partial charge in [0.2, 0.25) is 0 Å². The monoisotopic (exact) mass is 540 g/mol. The molecule has 0 aromatic rings. The third kappa shape index (κ3) is 7.00. The summed E-state index contributed by atoms with van der Waals surface area (Å²) in [6, 6.07) is 0. The molecule has 0 saturated heterocycles. The van der Waals surface area contributed by atoms with E-state index in [1.54, 1.807) is 0 Å². The number of alkyl halides is 12. The van der Waals surface area contributed by atoms with E-state index in [4.69, 9.17) is 4.55 Å². The minimum atomic E-state index is -6.73. The zero-order valence-electron chi connectivity index (χ0n) is 15.7. The fraction of sp³-hybridized carbons (Fsp3) is 0.846. The van der Waals surface area contributed by atoms with Gasteiger partial charge in [-0.2, -0.15) is 61.1 Å². The van der Waals surface area contributed by atoms with E-state index in [9.17, 15) is 70.7 Å². The fourth-order valence-corrected chi connectivity index (χ4v) is 3.07. The van der Waals surface area contributed by atoms with Crippen molar-refractivity contribution in [1.29, 1.82) is 0 Å². The van der Waals surface area contributed by atoms with E-state index >= 15 is 0 Å². The summed E-state index contributed by atoms with van der Waals surface area (Å²) in [5, 5.41) is 0. The summed E-state index contributed by atoms with van der Waals surface area (Å²) in [6.45, 7) is 0.291. The van der Waals surface area contributed by atoms with E-state index in [0.29, 0.717) is 6.92 Å². The third-order valence-electron chi connectivity index (χ3n) is 3.82. The predicted octanol–water partition coefficient (Wildman–Crippen LogP) is 3.88. The first-order valence-corrected chi connectivity index (χ1v) is 9.53. The van der Waals surface area contributed by atoms with Crippen molar-refractivity contribution < 1.29 is 84.7 Å². The molecule has 0 aliphatic rings. The molecule has 0 atom stereocenters. The summed E-state index contributed by atoms with van der Waals surface area (Å²) in [6.07, 6.45) is -31.8. The highest BCUT2D eigenvalue weighted by molar-refractivity contribution is 7.85. The van der Waals surface area contributed by atoms with Crippen molar-refractivity contribution in [2.45, 2.75) is 62.1 Å². The van der Waals surface area contributed by atoms with Crippen molar-refractivity contribution in [3.8, 4) is 0 Å². The van der Waals surface area contributed by atoms with Crippen LogP contribution in [-0.4, -0.2) is 66.6 Å². The molecule has 0 amide bonds. The predicted molar refractivity (Wildman–Crippen MR) is 77.8 cm³/mol. The molecule has 0 aromatic heterocycles. The summed E-state index contributed by atoms with van der Waals surface area (Å²) in [4.78, 5) is 22.8. The molecule has 33 heavy (non-hydrogen) atoms. The summed E-state index contributed by atoms with van der Waals surface area (Å²) in [5.74, 6) is -8.52. The Bertz CT molecular complexity index is 795. The summed E-state index contributed by atoms with van der Waals surface area (Å²) >= 11 is 0. The van der Waals surface area contributed by atoms with Gasteiger partial charge in [0.15, 0.2) is 0 Å². The van der Waals surface area contributed by atoms with Crippen molar-refractivity contribution in [3.63, 3.8) is 0 Å². The van der Waals surface area contributed by atoms with Gasteiger partial charge in [0, 0.05) is 6.42 Å². The summed E-state index contributed by atoms with van der Waals surface area (Å²) in [5.41, 5.74) is -11.0. The number of hydrogen-bond acceptors (Lipinski definition) is 6. The number of hydrogen-bond donors (Lipinski definition) is 1. The lowest BCUT2D eigenvalue weighted by molar-refractivity contribution is -0.370. The average Bonchev–Trinajstić information content (AvgIpc) is 2.51. The van der Waals surface area contributed by atoms with Gasteiger partial charge in [-0.25, -0.2) is 0 Å². The number of ether oxygens (including phenoxy) is 2. The molecule has 0 bridgehead atoms. The zero-order chi connectivity index (χ0) is 26.9. The van der Waals surface area contributed by atoms with E-state index in [-0.39, 0.29) is 0 Å². The molecule has 1 N–H and O–H groups in total. The smallest absolute Gasteiger partial charge is 0.438 e. The molecule has 0 aromatic carbocycles. The van der Waals surface area contributed by atoms with Gasteiger partial charge in [0.05, 0.1) is 12.8 Å². The normalized spacial score (nSPS) is 14.7. The Morgan fingerprint density at radius 1 is 0.667 bits per heavy atom. The van der Waals surface area contributed by atoms with Gasteiger partial charge in [0.25, 0.3) is 10.1 Å². The maximum Gasteiger partial charge on any atom is 0.438 e. The van der Waals surface area contributed by atoms with Crippen LogP contribution in [0.2, 0.25) is 0 Å². The Morgan fingerprint density at radius 3 is 1.15 bits per heavy atom. The highest BCUT2D eigenvalue weighted by Gasteiger charge is 2.76. The first-order chi connectivity index (χ1) is 14.3. The quantitative estimate of drug-likeness (QED) is 0.283. The van der Waals surface area contributed by atoms with Crippen LogP contribution < -0.4 is 0 Å². The van der Waals surface area contributed by atoms with Crippen LogP contribution in [0.25, 0.3) is 0 Å². The molecular weight excluding hydrogens is 528 g/mol. The van der Waals surface area contributed by atoms with Gasteiger partial charge in [-0.05, 0) is 0 Å². The lowest BCUT2D eigenvalue weighted by Crippen LogP contribution is -2.63. The first kappa shape index (κ1) is 31.0. The van der Waals surface area contributed by atoms with Gasteiger partial charge < -0.3 is 9.47 Å². The Balaban J connectivity index is 5.80. The Labute approximate surface area is 175 Å². The van der Waals surface area contributed by atoms with Gasteiger partial charge in [-0.15, -0.1) is 0 Å². The molecule has 0 aliphatic carbocycles. The molecule has 196 valence electrons. The van der Waals surface area contributed by atoms with Gasteiger partial charge in [-0.3, -0.25) is 14.1 Å². The first-order valence-electron chi connectivity index (χ1n) is 7.92. The number of carbonyl (C=O) groups excluding carboxylic acids is 2. The average molecular weight is 540 g/mol. The zero-order valence-corrected chi connectivity index (χ0v) is 16.5. The second kappa shape index (κ2) is 9.34. The highest BCUT2D eigenvalue weighted by Crippen LogP contribution is 2.49. The lowest BCUT2D eigenvalue weighted by atomic mass is 9.99. The van der Waals surface area contributed by atoms with Crippen LogP contribution in [-0.2, 0) is 29.2 Å². The van der Waals surface area contributed by atoms with E-state index in [1.165, 1.54) is 0 Å². The molecule has 0 aliphatic heterocycles. The van der Waals surface area contributed by atoms with E-state index in [2.05, 4.69) is 9.47 Å². The van der Waals surface area contributed by atoms with Crippen molar-refractivity contribution in [1.82, 2.24) is 0 Å². The molecule has 0 fully saturated rings. The molecule has 0 unspecified atom stereocenters. The van der Waals surface area contributed by atoms with E-state index in [0.717, 1.165) is 0 Å². The second-order valence-corrected chi connectivity index (χ2v) is 7.63. The van der Waals surface area contributed by atoms with Crippen molar-refractivity contribution >= 4 is 22.1 Å². The number of halogens is 12. The van der Waals surface area contributed by atoms with E-state index < -0.39 is 83.0 Å². The number of rotatable bonds is 8. The second-order valence-electron chi connectivity index (χ2n) is 6.17. The molecule has 0 rings (SSSR count). The molecule has 0 heterocycles. The summed E-state index contributed by atoms with van der Waals surface area (Å²) < 4.78 is 191. The van der Waals surface area contributed by atoms with Crippen molar-refractivity contribution in [3.05, 3.63) is 0 Å². The fourth-order valence-electron chi connectivity index (χ4n) is 2.17. The van der Waals surface area contributed by atoms with Crippen LogP contribution in [0, 0.1) is 0 Å². The largest absolute Gasteiger partial charge is 0.439 e. The molecule has 20 heteroatoms. The van der Waals surface area contributed by atoms with Crippen LogP contribution in [0.4, 0.5) is 52.7 Å². The molecular formula is C13H12F12O7S.